The van der Waals surface area contributed by atoms with E-state index in [1.165, 1.54) is 0 Å². The van der Waals surface area contributed by atoms with Crippen LogP contribution in [0.1, 0.15) is 5.82 Å². The van der Waals surface area contributed by atoms with Gasteiger partial charge < -0.3 is 15.4 Å². The van der Waals surface area contributed by atoms with Crippen molar-refractivity contribution in [3.8, 4) is 0 Å². The smallest absolute Gasteiger partial charge is 0.137 e. The van der Waals surface area contributed by atoms with Gasteiger partial charge in [-0.3, -0.25) is 0 Å². The molecule has 1 aromatic rings. The van der Waals surface area contributed by atoms with Crippen molar-refractivity contribution in [2.75, 3.05) is 12.3 Å². The topological polar surface area (TPSA) is 64.1 Å². The average Bonchev–Trinajstić information content (AvgIpc) is 2.17. The van der Waals surface area contributed by atoms with E-state index in [-0.39, 0.29) is 6.61 Å². The minimum absolute atomic E-state index is 0.0641. The molecule has 0 amide bonds. The van der Waals surface area contributed by atoms with Gasteiger partial charge in [-0.25, -0.2) is 4.98 Å². The second-order valence-electron chi connectivity index (χ2n) is 2.24. The van der Waals surface area contributed by atoms with Crippen LogP contribution in [0.5, 0.6) is 0 Å². The van der Waals surface area contributed by atoms with E-state index in [1.54, 1.807) is 4.57 Å². The molecule has 0 atom stereocenters. The number of aliphatic hydroxyl groups is 1. The van der Waals surface area contributed by atoms with Crippen molar-refractivity contribution >= 4 is 18.4 Å². The van der Waals surface area contributed by atoms with Crippen molar-refractivity contribution in [2.24, 2.45) is 0 Å². The Morgan fingerprint density at radius 1 is 1.73 bits per heavy atom. The maximum absolute atomic E-state index is 8.65. The molecule has 0 aliphatic carbocycles. The van der Waals surface area contributed by atoms with Gasteiger partial charge in [0.05, 0.1) is 6.61 Å². The zero-order chi connectivity index (χ0) is 8.43. The predicted octanol–water partition coefficient (Wildman–Crippen LogP) is 0.0547. The molecular weight excluding hydrogens is 162 g/mol. The van der Waals surface area contributed by atoms with Gasteiger partial charge in [-0.15, -0.1) is 12.6 Å². The van der Waals surface area contributed by atoms with Crippen LogP contribution in [0.3, 0.4) is 0 Å². The highest BCUT2D eigenvalue weighted by atomic mass is 32.1. The lowest BCUT2D eigenvalue weighted by molar-refractivity contribution is 0.275. The number of aryl methyl sites for hydroxylation is 1. The van der Waals surface area contributed by atoms with Crippen molar-refractivity contribution in [2.45, 2.75) is 18.5 Å². The van der Waals surface area contributed by atoms with Crippen molar-refractivity contribution in [3.05, 3.63) is 5.82 Å². The fourth-order valence-corrected chi connectivity index (χ4v) is 1.21. The first-order valence-corrected chi connectivity index (χ1v) is 3.74. The lowest BCUT2D eigenvalue weighted by Gasteiger charge is -2.03. The lowest BCUT2D eigenvalue weighted by Crippen LogP contribution is -2.07. The lowest BCUT2D eigenvalue weighted by atomic mass is 10.6. The quantitative estimate of drug-likeness (QED) is 0.554. The fraction of sp³-hybridized carbons (Fsp3) is 0.500. The van der Waals surface area contributed by atoms with Crippen LogP contribution in [0.25, 0.3) is 0 Å². The summed E-state index contributed by atoms with van der Waals surface area (Å²) in [7, 11) is 0. The monoisotopic (exact) mass is 173 g/mol. The molecule has 0 aromatic carbocycles. The first kappa shape index (κ1) is 8.42. The molecule has 0 spiro atoms. The van der Waals surface area contributed by atoms with E-state index in [1.807, 2.05) is 6.92 Å². The molecule has 0 aliphatic heterocycles. The highest BCUT2D eigenvalue weighted by molar-refractivity contribution is 7.80. The van der Waals surface area contributed by atoms with E-state index < -0.39 is 0 Å². The Bertz CT molecular complexity index is 259. The largest absolute Gasteiger partial charge is 0.395 e. The SMILES string of the molecule is Cc1nc(S)c(N)n1CCO. The number of nitrogens with two attached hydrogens (primary N) is 1. The number of aliphatic hydroxyl groups excluding tert-OH is 1. The van der Waals surface area contributed by atoms with Gasteiger partial charge >= 0.3 is 0 Å². The first-order valence-electron chi connectivity index (χ1n) is 3.29. The van der Waals surface area contributed by atoms with Crippen LogP contribution < -0.4 is 5.73 Å². The van der Waals surface area contributed by atoms with Gasteiger partial charge in [0.15, 0.2) is 0 Å². The molecular formula is C6H11N3OS. The molecule has 0 unspecified atom stereocenters. The van der Waals surface area contributed by atoms with Crippen LogP contribution in [0.15, 0.2) is 5.03 Å². The Hall–Kier alpha value is -0.680. The third-order valence-corrected chi connectivity index (χ3v) is 1.83. The Kier molecular flexibility index (Phi) is 2.41. The molecule has 0 radical (unpaired) electrons. The fourth-order valence-electron chi connectivity index (χ4n) is 0.948. The van der Waals surface area contributed by atoms with Crippen LogP contribution in [0, 0.1) is 6.92 Å². The summed E-state index contributed by atoms with van der Waals surface area (Å²) in [5.74, 6) is 1.29. The zero-order valence-electron chi connectivity index (χ0n) is 6.28. The third kappa shape index (κ3) is 1.49. The van der Waals surface area contributed by atoms with Crippen molar-refractivity contribution < 1.29 is 5.11 Å². The molecule has 0 bridgehead atoms. The van der Waals surface area contributed by atoms with Gasteiger partial charge in [-0.1, -0.05) is 0 Å². The van der Waals surface area contributed by atoms with Crippen LogP contribution in [0.2, 0.25) is 0 Å². The van der Waals surface area contributed by atoms with Gasteiger partial charge in [-0.05, 0) is 6.92 Å². The van der Waals surface area contributed by atoms with E-state index in [0.717, 1.165) is 5.82 Å². The number of anilines is 1. The third-order valence-electron chi connectivity index (χ3n) is 1.50. The van der Waals surface area contributed by atoms with Crippen LogP contribution in [-0.4, -0.2) is 21.3 Å². The second-order valence-corrected chi connectivity index (χ2v) is 2.67. The maximum Gasteiger partial charge on any atom is 0.137 e. The van der Waals surface area contributed by atoms with Crippen molar-refractivity contribution in [1.29, 1.82) is 0 Å². The maximum atomic E-state index is 8.65. The highest BCUT2D eigenvalue weighted by Gasteiger charge is 2.06. The van der Waals surface area contributed by atoms with E-state index in [9.17, 15) is 0 Å². The Labute approximate surface area is 70.5 Å². The summed E-state index contributed by atoms with van der Waals surface area (Å²) in [6, 6.07) is 0. The molecule has 1 aromatic heterocycles. The first-order chi connectivity index (χ1) is 5.16. The molecule has 4 nitrogen and oxygen atoms in total. The molecule has 0 fully saturated rings. The van der Waals surface area contributed by atoms with Gasteiger partial charge in [-0.2, -0.15) is 0 Å². The number of hydrogen-bond donors (Lipinski definition) is 3. The number of nitrogen functional groups attached to an aromatic ring is 1. The summed E-state index contributed by atoms with van der Waals surface area (Å²) in [4.78, 5) is 4.02. The number of rotatable bonds is 2. The van der Waals surface area contributed by atoms with E-state index in [2.05, 4.69) is 17.6 Å². The summed E-state index contributed by atoms with van der Waals surface area (Å²) in [5, 5.41) is 9.17. The minimum Gasteiger partial charge on any atom is -0.395 e. The van der Waals surface area contributed by atoms with E-state index in [4.69, 9.17) is 10.8 Å². The van der Waals surface area contributed by atoms with Gasteiger partial charge in [0.2, 0.25) is 0 Å². The summed E-state index contributed by atoms with van der Waals surface area (Å²) in [5.41, 5.74) is 5.60. The number of imidazole rings is 1. The number of hydrogen-bond acceptors (Lipinski definition) is 4. The molecule has 1 heterocycles. The highest BCUT2D eigenvalue weighted by Crippen LogP contribution is 2.16. The van der Waals surface area contributed by atoms with E-state index >= 15 is 0 Å². The summed E-state index contributed by atoms with van der Waals surface area (Å²) in [6.45, 7) is 2.37. The van der Waals surface area contributed by atoms with Crippen LogP contribution in [-0.2, 0) is 6.54 Å². The Morgan fingerprint density at radius 3 is 2.73 bits per heavy atom. The summed E-state index contributed by atoms with van der Waals surface area (Å²) < 4.78 is 1.72. The Balaban J connectivity index is 3.02. The van der Waals surface area contributed by atoms with Crippen LogP contribution in [0.4, 0.5) is 5.82 Å². The molecule has 11 heavy (non-hydrogen) atoms. The second kappa shape index (κ2) is 3.15. The normalized spacial score (nSPS) is 10.5. The molecule has 1 rings (SSSR count). The standard InChI is InChI=1S/C6H11N3OS/c1-4-8-6(11)5(7)9(4)2-3-10/h10-11H,2-3,7H2,1H3. The van der Waals surface area contributed by atoms with Gasteiger partial charge in [0.1, 0.15) is 16.7 Å². The van der Waals surface area contributed by atoms with E-state index in [0.29, 0.717) is 17.4 Å². The minimum atomic E-state index is 0.0641. The summed E-state index contributed by atoms with van der Waals surface area (Å²) >= 11 is 4.04. The molecule has 62 valence electrons. The van der Waals surface area contributed by atoms with Gasteiger partial charge in [0, 0.05) is 6.54 Å². The predicted molar refractivity (Wildman–Crippen MR) is 45.7 cm³/mol. The molecule has 3 N–H and O–H groups in total. The van der Waals surface area contributed by atoms with Crippen molar-refractivity contribution in [1.82, 2.24) is 9.55 Å². The molecule has 0 saturated heterocycles. The Morgan fingerprint density at radius 2 is 2.36 bits per heavy atom. The number of nitrogens with zero attached hydrogens (tertiary/aromatic N) is 2. The van der Waals surface area contributed by atoms with Crippen LogP contribution >= 0.6 is 12.6 Å². The number of aromatic nitrogens is 2. The molecule has 5 heteroatoms. The average molecular weight is 173 g/mol. The van der Waals surface area contributed by atoms with Gasteiger partial charge in [0.25, 0.3) is 0 Å². The molecule has 0 aliphatic rings. The summed E-state index contributed by atoms with van der Waals surface area (Å²) in [6.07, 6.45) is 0. The number of thiol groups is 1. The zero-order valence-corrected chi connectivity index (χ0v) is 7.17. The van der Waals surface area contributed by atoms with Crippen molar-refractivity contribution in [3.63, 3.8) is 0 Å². The molecule has 0 saturated carbocycles.